The van der Waals surface area contributed by atoms with Crippen LogP contribution in [0, 0.1) is 0 Å². The molecule has 0 aliphatic rings. The summed E-state index contributed by atoms with van der Waals surface area (Å²) in [7, 11) is -2.18. The second-order valence-corrected chi connectivity index (χ2v) is 6.21. The van der Waals surface area contributed by atoms with Crippen molar-refractivity contribution < 1.29 is 13.5 Å². The fourth-order valence-corrected chi connectivity index (χ4v) is 2.68. The third-order valence-electron chi connectivity index (χ3n) is 2.63. The molecule has 0 spiro atoms. The van der Waals surface area contributed by atoms with Gasteiger partial charge < -0.3 is 10.8 Å². The second kappa shape index (κ2) is 5.68. The minimum absolute atomic E-state index is 0.000692. The number of nitrogens with zero attached hydrogens (tertiary/aromatic N) is 3. The summed E-state index contributed by atoms with van der Waals surface area (Å²) in [5, 5.41) is 13.1. The number of rotatable bonds is 6. The van der Waals surface area contributed by atoms with Crippen molar-refractivity contribution in [2.75, 3.05) is 19.3 Å². The number of aryl methyl sites for hydroxylation is 1. The number of hydrogen-bond acceptors (Lipinski definition) is 5. The van der Waals surface area contributed by atoms with E-state index in [0.717, 1.165) is 0 Å². The first kappa shape index (κ1) is 14.9. The molecule has 0 aliphatic heterocycles. The highest BCUT2D eigenvalue weighted by Crippen LogP contribution is 2.20. The lowest BCUT2D eigenvalue weighted by molar-refractivity contribution is 0.177. The van der Waals surface area contributed by atoms with Gasteiger partial charge in [-0.2, -0.15) is 5.10 Å². The fraction of sp³-hybridized carbons (Fsp3) is 0.700. The number of hydrogen-bond donors (Lipinski definition) is 2. The van der Waals surface area contributed by atoms with Gasteiger partial charge in [0.15, 0.2) is 5.82 Å². The Morgan fingerprint density at radius 3 is 2.67 bits per heavy atom. The maximum atomic E-state index is 12.2. The zero-order chi connectivity index (χ0) is 13.9. The van der Waals surface area contributed by atoms with Crippen LogP contribution in [-0.2, 0) is 16.6 Å². The Morgan fingerprint density at radius 2 is 2.22 bits per heavy atom. The third-order valence-corrected chi connectivity index (χ3v) is 4.50. The Kier molecular flexibility index (Phi) is 4.71. The van der Waals surface area contributed by atoms with Crippen molar-refractivity contribution >= 4 is 15.8 Å². The maximum Gasteiger partial charge on any atom is 0.248 e. The van der Waals surface area contributed by atoms with E-state index in [1.807, 2.05) is 6.92 Å². The number of aliphatic hydroxyl groups excluding tert-OH is 1. The van der Waals surface area contributed by atoms with Crippen molar-refractivity contribution in [3.05, 3.63) is 6.20 Å². The maximum absolute atomic E-state index is 12.2. The van der Waals surface area contributed by atoms with Crippen LogP contribution in [-0.4, -0.2) is 47.3 Å². The lowest BCUT2D eigenvalue weighted by Crippen LogP contribution is -2.29. The topological polar surface area (TPSA) is 101 Å². The molecular weight excluding hydrogens is 256 g/mol. The molecule has 0 aromatic carbocycles. The van der Waals surface area contributed by atoms with Crippen molar-refractivity contribution in [2.24, 2.45) is 0 Å². The largest absolute Gasteiger partial charge is 0.393 e. The molecular formula is C10H20N4O3S. The average Bonchev–Trinajstić information content (AvgIpc) is 2.67. The quantitative estimate of drug-likeness (QED) is 0.754. The molecule has 0 fully saturated rings. The minimum Gasteiger partial charge on any atom is -0.393 e. The van der Waals surface area contributed by atoms with Crippen molar-refractivity contribution in [3.8, 4) is 0 Å². The van der Waals surface area contributed by atoms with E-state index in [2.05, 4.69) is 5.10 Å². The van der Waals surface area contributed by atoms with Crippen LogP contribution in [0.2, 0.25) is 0 Å². The zero-order valence-electron chi connectivity index (χ0n) is 10.9. The Morgan fingerprint density at radius 1 is 1.61 bits per heavy atom. The number of sulfonamides is 1. The summed E-state index contributed by atoms with van der Waals surface area (Å²) in [6, 6.07) is 0. The van der Waals surface area contributed by atoms with E-state index < -0.39 is 16.1 Å². The summed E-state index contributed by atoms with van der Waals surface area (Å²) in [4.78, 5) is 0.0115. The summed E-state index contributed by atoms with van der Waals surface area (Å²) >= 11 is 0. The molecule has 0 radical (unpaired) electrons. The molecule has 8 heteroatoms. The molecule has 7 nitrogen and oxygen atoms in total. The first-order valence-corrected chi connectivity index (χ1v) is 7.20. The van der Waals surface area contributed by atoms with Gasteiger partial charge in [0, 0.05) is 26.3 Å². The van der Waals surface area contributed by atoms with Gasteiger partial charge in [-0.25, -0.2) is 12.7 Å². The number of nitrogens with two attached hydrogens (primary N) is 1. The van der Waals surface area contributed by atoms with Crippen molar-refractivity contribution in [3.63, 3.8) is 0 Å². The third kappa shape index (κ3) is 3.21. The monoisotopic (exact) mass is 276 g/mol. The van der Waals surface area contributed by atoms with Crippen molar-refractivity contribution in [2.45, 2.75) is 37.8 Å². The SMILES string of the molecule is CCn1cc(S(=O)(=O)N(C)CCC(C)O)c(N)n1. The van der Waals surface area contributed by atoms with E-state index in [9.17, 15) is 13.5 Å². The summed E-state index contributed by atoms with van der Waals surface area (Å²) in [5.41, 5.74) is 5.61. The molecule has 1 atom stereocenters. The van der Waals surface area contributed by atoms with Gasteiger partial charge in [-0.1, -0.05) is 0 Å². The van der Waals surface area contributed by atoms with Crippen LogP contribution in [0.15, 0.2) is 11.1 Å². The molecule has 1 rings (SSSR count). The van der Waals surface area contributed by atoms with Gasteiger partial charge in [-0.3, -0.25) is 4.68 Å². The van der Waals surface area contributed by atoms with Gasteiger partial charge in [0.25, 0.3) is 0 Å². The molecule has 0 bridgehead atoms. The molecule has 1 aromatic rings. The van der Waals surface area contributed by atoms with Gasteiger partial charge in [-0.15, -0.1) is 0 Å². The first-order valence-electron chi connectivity index (χ1n) is 5.76. The Bertz CT molecular complexity index is 495. The predicted octanol–water partition coefficient (Wildman–Crippen LogP) is -0.123. The highest BCUT2D eigenvalue weighted by Gasteiger charge is 2.25. The standard InChI is InChI=1S/C10H20N4O3S/c1-4-14-7-9(10(11)12-14)18(16,17)13(3)6-5-8(2)15/h7-8,15H,4-6H2,1-3H3,(H2,11,12). The summed E-state index contributed by atoms with van der Waals surface area (Å²) < 4.78 is 27.1. The van der Waals surface area contributed by atoms with Crippen LogP contribution in [0.25, 0.3) is 0 Å². The van der Waals surface area contributed by atoms with E-state index >= 15 is 0 Å². The molecule has 0 amide bonds. The van der Waals surface area contributed by atoms with Crippen molar-refractivity contribution in [1.82, 2.24) is 14.1 Å². The highest BCUT2D eigenvalue weighted by molar-refractivity contribution is 7.89. The molecule has 0 saturated heterocycles. The Labute approximate surface area is 107 Å². The summed E-state index contributed by atoms with van der Waals surface area (Å²) in [5.74, 6) is 0.000692. The molecule has 1 heterocycles. The molecule has 3 N–H and O–H groups in total. The molecule has 104 valence electrons. The molecule has 1 aromatic heterocycles. The average molecular weight is 276 g/mol. The van der Waals surface area contributed by atoms with E-state index in [0.29, 0.717) is 13.0 Å². The highest BCUT2D eigenvalue weighted by atomic mass is 32.2. The van der Waals surface area contributed by atoms with Gasteiger partial charge in [0.05, 0.1) is 6.10 Å². The number of anilines is 1. The summed E-state index contributed by atoms with van der Waals surface area (Å²) in [6.45, 7) is 4.25. The van der Waals surface area contributed by atoms with E-state index in [1.165, 1.54) is 22.2 Å². The lowest BCUT2D eigenvalue weighted by Gasteiger charge is -2.17. The first-order chi connectivity index (χ1) is 8.28. The van der Waals surface area contributed by atoms with Crippen LogP contribution in [0.3, 0.4) is 0 Å². The number of aliphatic hydroxyl groups is 1. The Balaban J connectivity index is 2.94. The Hall–Kier alpha value is -1.12. The van der Waals surface area contributed by atoms with Gasteiger partial charge in [0.1, 0.15) is 4.90 Å². The molecule has 1 unspecified atom stereocenters. The van der Waals surface area contributed by atoms with Crippen LogP contribution < -0.4 is 5.73 Å². The fourth-order valence-electron chi connectivity index (χ4n) is 1.44. The van der Waals surface area contributed by atoms with E-state index in [-0.39, 0.29) is 17.3 Å². The van der Waals surface area contributed by atoms with Crippen LogP contribution in [0.4, 0.5) is 5.82 Å². The van der Waals surface area contributed by atoms with Crippen LogP contribution >= 0.6 is 0 Å². The molecule has 18 heavy (non-hydrogen) atoms. The van der Waals surface area contributed by atoms with Gasteiger partial charge >= 0.3 is 0 Å². The normalized spacial score (nSPS) is 14.1. The number of nitrogen functional groups attached to an aromatic ring is 1. The van der Waals surface area contributed by atoms with Crippen LogP contribution in [0.5, 0.6) is 0 Å². The van der Waals surface area contributed by atoms with Crippen LogP contribution in [0.1, 0.15) is 20.3 Å². The minimum atomic E-state index is -3.64. The van der Waals surface area contributed by atoms with E-state index in [4.69, 9.17) is 5.73 Å². The second-order valence-electron chi connectivity index (χ2n) is 4.20. The van der Waals surface area contributed by atoms with Gasteiger partial charge in [0.2, 0.25) is 10.0 Å². The van der Waals surface area contributed by atoms with Crippen molar-refractivity contribution in [1.29, 1.82) is 0 Å². The predicted molar refractivity (Wildman–Crippen MR) is 68.4 cm³/mol. The lowest BCUT2D eigenvalue weighted by atomic mass is 10.3. The molecule has 0 aliphatic carbocycles. The van der Waals surface area contributed by atoms with Gasteiger partial charge in [-0.05, 0) is 20.3 Å². The summed E-state index contributed by atoms with van der Waals surface area (Å²) in [6.07, 6.45) is 1.25. The smallest absolute Gasteiger partial charge is 0.248 e. The zero-order valence-corrected chi connectivity index (χ0v) is 11.7. The molecule has 0 saturated carbocycles. The van der Waals surface area contributed by atoms with E-state index in [1.54, 1.807) is 6.92 Å². The number of aromatic nitrogens is 2.